The molecule has 0 aliphatic rings. The quantitative estimate of drug-likeness (QED) is 0.499. The Morgan fingerprint density at radius 1 is 1.06 bits per heavy atom. The number of benzene rings is 2. The molecule has 0 saturated heterocycles. The predicted molar refractivity (Wildman–Crippen MR) is 121 cm³/mol. The normalized spacial score (nSPS) is 10.6. The molecule has 4 aromatic rings. The Labute approximate surface area is 178 Å². The van der Waals surface area contributed by atoms with Crippen molar-refractivity contribution in [3.05, 3.63) is 77.5 Å². The van der Waals surface area contributed by atoms with E-state index < -0.39 is 0 Å². The van der Waals surface area contributed by atoms with Crippen LogP contribution in [0.15, 0.2) is 71.9 Å². The van der Waals surface area contributed by atoms with Crippen LogP contribution in [0.5, 0.6) is 0 Å². The van der Waals surface area contributed by atoms with Crippen molar-refractivity contribution in [3.63, 3.8) is 0 Å². The molecule has 31 heavy (non-hydrogen) atoms. The summed E-state index contributed by atoms with van der Waals surface area (Å²) >= 11 is 0. The minimum absolute atomic E-state index is 0.121. The van der Waals surface area contributed by atoms with Crippen molar-refractivity contribution in [1.82, 2.24) is 19.7 Å². The van der Waals surface area contributed by atoms with E-state index in [-0.39, 0.29) is 18.0 Å². The molecule has 0 fully saturated rings. The van der Waals surface area contributed by atoms with Crippen LogP contribution in [0.1, 0.15) is 0 Å². The van der Waals surface area contributed by atoms with Gasteiger partial charge in [0.2, 0.25) is 5.91 Å². The minimum atomic E-state index is -0.315. The molecule has 156 valence electrons. The Hall–Kier alpha value is -4.27. The number of hydrogen-bond acceptors (Lipinski definition) is 7. The zero-order chi connectivity index (χ0) is 21.8. The lowest BCUT2D eigenvalue weighted by atomic mass is 10.2. The fraction of sp³-hybridized carbons (Fsp3) is 0.136. The summed E-state index contributed by atoms with van der Waals surface area (Å²) in [7, 11) is 3.86. The van der Waals surface area contributed by atoms with Crippen LogP contribution in [-0.4, -0.2) is 39.8 Å². The lowest BCUT2D eigenvalue weighted by Crippen LogP contribution is -2.27. The van der Waals surface area contributed by atoms with Gasteiger partial charge in [0, 0.05) is 31.5 Å². The molecule has 0 bridgehead atoms. The average Bonchev–Trinajstić information content (AvgIpc) is 2.77. The zero-order valence-electron chi connectivity index (χ0n) is 17.1. The van der Waals surface area contributed by atoms with Crippen molar-refractivity contribution < 1.29 is 4.79 Å². The molecular formula is C22H21N7O2. The van der Waals surface area contributed by atoms with Gasteiger partial charge in [0.05, 0.1) is 29.1 Å². The van der Waals surface area contributed by atoms with E-state index in [0.29, 0.717) is 22.4 Å². The number of rotatable bonds is 6. The summed E-state index contributed by atoms with van der Waals surface area (Å²) in [6.45, 7) is -0.121. The highest BCUT2D eigenvalue weighted by atomic mass is 16.2. The van der Waals surface area contributed by atoms with E-state index in [4.69, 9.17) is 0 Å². The van der Waals surface area contributed by atoms with Gasteiger partial charge >= 0.3 is 0 Å². The lowest BCUT2D eigenvalue weighted by molar-refractivity contribution is -0.116. The van der Waals surface area contributed by atoms with E-state index in [2.05, 4.69) is 25.8 Å². The van der Waals surface area contributed by atoms with Gasteiger partial charge in [0.1, 0.15) is 6.54 Å². The van der Waals surface area contributed by atoms with E-state index in [1.807, 2.05) is 43.3 Å². The first kappa shape index (κ1) is 20.0. The number of aromatic nitrogens is 4. The third-order valence-electron chi connectivity index (χ3n) is 4.64. The number of amides is 1. The summed E-state index contributed by atoms with van der Waals surface area (Å²) in [6.07, 6.45) is 3.07. The van der Waals surface area contributed by atoms with E-state index in [0.717, 1.165) is 11.4 Å². The van der Waals surface area contributed by atoms with Crippen LogP contribution in [0.3, 0.4) is 0 Å². The Morgan fingerprint density at radius 2 is 1.81 bits per heavy atom. The first-order valence-electron chi connectivity index (χ1n) is 9.61. The van der Waals surface area contributed by atoms with Crippen LogP contribution in [0.2, 0.25) is 0 Å². The van der Waals surface area contributed by atoms with Gasteiger partial charge in [-0.25, -0.2) is 4.98 Å². The number of fused-ring (bicyclic) bond motifs is 1. The first-order valence-corrected chi connectivity index (χ1v) is 9.61. The molecule has 0 saturated carbocycles. The molecule has 0 aliphatic heterocycles. The fourth-order valence-corrected chi connectivity index (χ4v) is 3.02. The minimum Gasteiger partial charge on any atom is -0.376 e. The third kappa shape index (κ3) is 4.67. The highest BCUT2D eigenvalue weighted by Crippen LogP contribution is 2.20. The molecule has 0 aliphatic carbocycles. The molecule has 2 N–H and O–H groups in total. The zero-order valence-corrected chi connectivity index (χ0v) is 17.1. The highest BCUT2D eigenvalue weighted by molar-refractivity contribution is 5.91. The van der Waals surface area contributed by atoms with Crippen LogP contribution in [0.25, 0.3) is 10.9 Å². The fourth-order valence-electron chi connectivity index (χ4n) is 3.02. The van der Waals surface area contributed by atoms with Crippen molar-refractivity contribution in [1.29, 1.82) is 0 Å². The second-order valence-electron chi connectivity index (χ2n) is 7.14. The molecule has 2 aromatic heterocycles. The van der Waals surface area contributed by atoms with Crippen molar-refractivity contribution in [3.8, 4) is 0 Å². The summed E-state index contributed by atoms with van der Waals surface area (Å²) in [5, 5.41) is 14.5. The molecule has 9 heteroatoms. The number of hydrogen-bond donors (Lipinski definition) is 2. The Bertz CT molecular complexity index is 1280. The van der Waals surface area contributed by atoms with Gasteiger partial charge in [-0.15, -0.1) is 5.10 Å². The Kier molecular flexibility index (Phi) is 5.57. The molecule has 4 rings (SSSR count). The van der Waals surface area contributed by atoms with Gasteiger partial charge in [-0.05, 0) is 36.4 Å². The molecular weight excluding hydrogens is 394 g/mol. The van der Waals surface area contributed by atoms with Gasteiger partial charge in [-0.1, -0.05) is 12.1 Å². The number of para-hydroxylation sites is 1. The second-order valence-corrected chi connectivity index (χ2v) is 7.14. The monoisotopic (exact) mass is 415 g/mol. The second kappa shape index (κ2) is 8.62. The number of nitrogens with one attached hydrogen (secondary N) is 2. The molecule has 0 atom stereocenters. The number of carbonyl (C=O) groups excluding carboxylic acids is 1. The van der Waals surface area contributed by atoms with Crippen LogP contribution in [0, 0.1) is 0 Å². The Balaban J connectivity index is 1.41. The maximum absolute atomic E-state index is 12.5. The maximum atomic E-state index is 12.5. The van der Waals surface area contributed by atoms with E-state index in [1.165, 1.54) is 10.9 Å². The number of carbonyl (C=O) groups is 1. The number of nitrogens with zero attached hydrogens (tertiary/aromatic N) is 5. The van der Waals surface area contributed by atoms with Crippen molar-refractivity contribution in [2.24, 2.45) is 0 Å². The van der Waals surface area contributed by atoms with Crippen LogP contribution < -0.4 is 21.1 Å². The van der Waals surface area contributed by atoms with E-state index in [9.17, 15) is 9.59 Å². The standard InChI is InChI=1S/C22H21N7O2/c1-28(2)17-11-20(27-24-12-17)25-15-7-9-16(10-8-15)26-21(30)13-29-14-23-19-6-4-3-5-18(19)22(29)31/h3-12,14H,13H2,1-2H3,(H,25,27)(H,26,30). The average molecular weight is 415 g/mol. The molecule has 0 radical (unpaired) electrons. The van der Waals surface area contributed by atoms with Gasteiger partial charge in [-0.2, -0.15) is 5.10 Å². The first-order chi connectivity index (χ1) is 15.0. The summed E-state index contributed by atoms with van der Waals surface area (Å²) in [5.41, 5.74) is 2.71. The van der Waals surface area contributed by atoms with Crippen LogP contribution in [0.4, 0.5) is 22.9 Å². The molecule has 2 aromatic carbocycles. The SMILES string of the molecule is CN(C)c1cnnc(Nc2ccc(NC(=O)Cn3cnc4ccccc4c3=O)cc2)c1. The van der Waals surface area contributed by atoms with E-state index in [1.54, 1.807) is 36.5 Å². The van der Waals surface area contributed by atoms with Crippen molar-refractivity contribution in [2.45, 2.75) is 6.54 Å². The number of anilines is 4. The van der Waals surface area contributed by atoms with E-state index >= 15 is 0 Å². The molecule has 2 heterocycles. The van der Waals surface area contributed by atoms with Gasteiger partial charge in [0.25, 0.3) is 5.56 Å². The van der Waals surface area contributed by atoms with Crippen molar-refractivity contribution in [2.75, 3.05) is 29.6 Å². The van der Waals surface area contributed by atoms with Crippen LogP contribution in [-0.2, 0) is 11.3 Å². The summed E-state index contributed by atoms with van der Waals surface area (Å²) < 4.78 is 1.30. The van der Waals surface area contributed by atoms with Gasteiger partial charge in [0.15, 0.2) is 5.82 Å². The predicted octanol–water partition coefficient (Wildman–Crippen LogP) is 2.63. The molecule has 0 unspecified atom stereocenters. The van der Waals surface area contributed by atoms with Gasteiger partial charge in [-0.3, -0.25) is 14.2 Å². The molecule has 9 nitrogen and oxygen atoms in total. The topological polar surface area (TPSA) is 105 Å². The van der Waals surface area contributed by atoms with Gasteiger partial charge < -0.3 is 15.5 Å². The molecule has 1 amide bonds. The molecule has 0 spiro atoms. The smallest absolute Gasteiger partial charge is 0.261 e. The highest BCUT2D eigenvalue weighted by Gasteiger charge is 2.09. The maximum Gasteiger partial charge on any atom is 0.261 e. The summed E-state index contributed by atoms with van der Waals surface area (Å²) in [5.74, 6) is 0.301. The van der Waals surface area contributed by atoms with Crippen molar-refractivity contribution >= 4 is 39.7 Å². The summed E-state index contributed by atoms with van der Waals surface area (Å²) in [4.78, 5) is 31.1. The Morgan fingerprint density at radius 3 is 2.58 bits per heavy atom. The summed E-state index contributed by atoms with van der Waals surface area (Å²) in [6, 6.07) is 16.1. The lowest BCUT2D eigenvalue weighted by Gasteiger charge is -2.13. The largest absolute Gasteiger partial charge is 0.376 e. The van der Waals surface area contributed by atoms with Crippen LogP contribution >= 0.6 is 0 Å². The third-order valence-corrected chi connectivity index (χ3v) is 4.64.